The second kappa shape index (κ2) is 10.6. The summed E-state index contributed by atoms with van der Waals surface area (Å²) in [6, 6.07) is 11.5. The molecule has 2 aromatic carbocycles. The van der Waals surface area contributed by atoms with Crippen LogP contribution in [0.5, 0.6) is 0 Å². The maximum Gasteiger partial charge on any atom is 0.335 e. The molecule has 41 heavy (non-hydrogen) atoms. The number of carboxylic acid groups (broad SMARTS) is 1. The van der Waals surface area contributed by atoms with Gasteiger partial charge < -0.3 is 14.1 Å². The molecule has 3 aromatic heterocycles. The third-order valence-electron chi connectivity index (χ3n) is 7.27. The first-order chi connectivity index (χ1) is 19.8. The molecular formula is C31H27N5O4S. The quantitative estimate of drug-likeness (QED) is 0.248. The Hall–Kier alpha value is -4.83. The van der Waals surface area contributed by atoms with Crippen LogP contribution in [-0.2, 0) is 19.5 Å². The Balaban J connectivity index is 1.46. The molecule has 0 bridgehead atoms. The van der Waals surface area contributed by atoms with Crippen LogP contribution in [0.1, 0.15) is 73.9 Å². The van der Waals surface area contributed by atoms with Crippen LogP contribution in [0.25, 0.3) is 12.2 Å². The zero-order valence-electron chi connectivity index (χ0n) is 22.5. The summed E-state index contributed by atoms with van der Waals surface area (Å²) in [7, 11) is 0. The fourth-order valence-electron chi connectivity index (χ4n) is 5.37. The van der Waals surface area contributed by atoms with Gasteiger partial charge in [0.1, 0.15) is 4.64 Å². The number of aromatic carboxylic acids is 1. The van der Waals surface area contributed by atoms with Crippen molar-refractivity contribution in [3.8, 4) is 0 Å². The van der Waals surface area contributed by atoms with Crippen LogP contribution in [0.3, 0.4) is 0 Å². The molecule has 9 nitrogen and oxygen atoms in total. The second-order valence-corrected chi connectivity index (χ2v) is 10.5. The Morgan fingerprint density at radius 2 is 1.90 bits per heavy atom. The smallest absolute Gasteiger partial charge is 0.335 e. The van der Waals surface area contributed by atoms with Crippen LogP contribution in [0.2, 0.25) is 0 Å². The van der Waals surface area contributed by atoms with E-state index in [9.17, 15) is 14.7 Å². The third kappa shape index (κ3) is 5.21. The Morgan fingerprint density at radius 1 is 1.10 bits per heavy atom. The molecule has 0 saturated heterocycles. The van der Waals surface area contributed by atoms with Crippen molar-refractivity contribution in [2.45, 2.75) is 39.3 Å². The number of nitrogens with one attached hydrogen (secondary N) is 1. The summed E-state index contributed by atoms with van der Waals surface area (Å²) < 4.78 is 9.63. The van der Waals surface area contributed by atoms with Gasteiger partial charge in [0.15, 0.2) is 11.7 Å². The number of aryl methyl sites for hydroxylation is 2. The number of carbonyl (C=O) groups is 1. The van der Waals surface area contributed by atoms with Crippen molar-refractivity contribution < 1.29 is 14.3 Å². The first-order valence-corrected chi connectivity index (χ1v) is 13.6. The largest absolute Gasteiger partial charge is 0.478 e. The van der Waals surface area contributed by atoms with Crippen molar-refractivity contribution in [2.24, 2.45) is 0 Å². The second-order valence-electron chi connectivity index (χ2n) is 10.1. The Morgan fingerprint density at radius 3 is 2.63 bits per heavy atom. The lowest BCUT2D eigenvalue weighted by molar-refractivity contribution is 0.0696. The fraction of sp³-hybridized carbons (Fsp3) is 0.194. The number of hydrogen-bond acceptors (Lipinski definition) is 6. The van der Waals surface area contributed by atoms with Gasteiger partial charge in [-0.15, -0.1) is 0 Å². The van der Waals surface area contributed by atoms with E-state index in [1.807, 2.05) is 29.0 Å². The number of aromatic nitrogens is 5. The van der Waals surface area contributed by atoms with Crippen LogP contribution < -0.4 is 5.69 Å². The molecule has 6 rings (SSSR count). The molecule has 206 valence electrons. The van der Waals surface area contributed by atoms with E-state index in [1.165, 1.54) is 10.1 Å². The molecule has 1 unspecified atom stereocenters. The number of imidazole rings is 1. The van der Waals surface area contributed by atoms with Crippen LogP contribution >= 0.6 is 12.2 Å². The molecular weight excluding hydrogens is 538 g/mol. The molecule has 0 fully saturated rings. The summed E-state index contributed by atoms with van der Waals surface area (Å²) in [5.74, 6) is -0.233. The SMILES string of the molecule is CCc1ccc2c(c1)C=Cc1oc(C)nc1C2c1cn(Cc2cc(Cn3ccnc3)cc(C(=O)O)c2)c(=O)[nH]c1=S. The van der Waals surface area contributed by atoms with Crippen molar-refractivity contribution in [3.63, 3.8) is 0 Å². The molecule has 5 aromatic rings. The number of fused-ring (bicyclic) bond motifs is 2. The highest BCUT2D eigenvalue weighted by Crippen LogP contribution is 2.39. The van der Waals surface area contributed by atoms with Crippen molar-refractivity contribution in [1.82, 2.24) is 24.1 Å². The molecule has 2 N–H and O–H groups in total. The summed E-state index contributed by atoms with van der Waals surface area (Å²) in [6.45, 7) is 4.51. The van der Waals surface area contributed by atoms with Gasteiger partial charge in [0, 0.05) is 37.6 Å². The Bertz CT molecular complexity index is 1930. The van der Waals surface area contributed by atoms with E-state index in [0.717, 1.165) is 28.8 Å². The van der Waals surface area contributed by atoms with E-state index >= 15 is 0 Å². The minimum atomic E-state index is -1.04. The van der Waals surface area contributed by atoms with Gasteiger partial charge >= 0.3 is 11.7 Å². The van der Waals surface area contributed by atoms with E-state index in [2.05, 4.69) is 35.1 Å². The van der Waals surface area contributed by atoms with Gasteiger partial charge in [-0.05, 0) is 52.4 Å². The molecule has 1 aliphatic rings. The van der Waals surface area contributed by atoms with E-state index in [-0.39, 0.29) is 23.7 Å². The van der Waals surface area contributed by atoms with Crippen molar-refractivity contribution in [2.75, 3.05) is 0 Å². The molecule has 10 heteroatoms. The number of nitrogens with zero attached hydrogens (tertiary/aromatic N) is 4. The van der Waals surface area contributed by atoms with Gasteiger partial charge in [0.05, 0.1) is 30.0 Å². The summed E-state index contributed by atoms with van der Waals surface area (Å²) in [6.07, 6.45) is 11.8. The number of aromatic amines is 1. The number of oxazole rings is 1. The first-order valence-electron chi connectivity index (χ1n) is 13.2. The maximum absolute atomic E-state index is 13.2. The van der Waals surface area contributed by atoms with Gasteiger partial charge in [-0.1, -0.05) is 49.5 Å². The van der Waals surface area contributed by atoms with Gasteiger partial charge in [-0.3, -0.25) is 9.55 Å². The number of rotatable bonds is 7. The minimum absolute atomic E-state index is 0.146. The number of hydrogen-bond donors (Lipinski definition) is 2. The lowest BCUT2D eigenvalue weighted by atomic mass is 9.86. The average molecular weight is 566 g/mol. The summed E-state index contributed by atoms with van der Waals surface area (Å²) >= 11 is 5.71. The third-order valence-corrected chi connectivity index (χ3v) is 7.61. The molecule has 0 saturated carbocycles. The minimum Gasteiger partial charge on any atom is -0.478 e. The van der Waals surface area contributed by atoms with Crippen LogP contribution in [0.15, 0.2) is 70.5 Å². The zero-order chi connectivity index (χ0) is 28.7. The molecule has 3 heterocycles. The van der Waals surface area contributed by atoms with Gasteiger partial charge in [0.2, 0.25) is 0 Å². The Labute approximate surface area is 240 Å². The van der Waals surface area contributed by atoms with Crippen LogP contribution in [0, 0.1) is 11.6 Å². The summed E-state index contributed by atoms with van der Waals surface area (Å²) in [5.41, 5.74) is 5.89. The van der Waals surface area contributed by atoms with Gasteiger partial charge in [-0.25, -0.2) is 19.6 Å². The summed E-state index contributed by atoms with van der Waals surface area (Å²) in [5, 5.41) is 9.75. The van der Waals surface area contributed by atoms with Crippen molar-refractivity contribution >= 4 is 30.3 Å². The number of benzene rings is 2. The van der Waals surface area contributed by atoms with E-state index < -0.39 is 5.97 Å². The molecule has 0 spiro atoms. The highest BCUT2D eigenvalue weighted by Gasteiger charge is 2.29. The van der Waals surface area contributed by atoms with Gasteiger partial charge in [0.25, 0.3) is 0 Å². The maximum atomic E-state index is 13.2. The zero-order valence-corrected chi connectivity index (χ0v) is 23.3. The van der Waals surface area contributed by atoms with E-state index in [4.69, 9.17) is 21.6 Å². The van der Waals surface area contributed by atoms with Crippen LogP contribution in [0.4, 0.5) is 0 Å². The number of H-pyrrole nitrogens is 1. The monoisotopic (exact) mass is 565 g/mol. The van der Waals surface area contributed by atoms with Crippen LogP contribution in [-0.4, -0.2) is 35.2 Å². The highest BCUT2D eigenvalue weighted by molar-refractivity contribution is 7.71. The summed E-state index contributed by atoms with van der Waals surface area (Å²) in [4.78, 5) is 36.7. The standard InChI is InChI=1S/C31H27N5O4S/c1-3-19-4-6-24-22(11-19)5-7-26-28(33-18(2)40-26)27(24)25-16-36(31(39)34-29(25)41)15-21-10-20(12-23(13-21)30(37)38)14-35-9-8-32-17-35/h4-13,16-17,27H,3,14-15H2,1-2H3,(H,37,38)(H,34,39,41). The number of carboxylic acids is 1. The molecule has 1 atom stereocenters. The van der Waals surface area contributed by atoms with Crippen molar-refractivity contribution in [3.05, 3.63) is 133 Å². The molecule has 0 amide bonds. The van der Waals surface area contributed by atoms with Gasteiger partial charge in [-0.2, -0.15) is 0 Å². The van der Waals surface area contributed by atoms with E-state index in [1.54, 1.807) is 37.8 Å². The first kappa shape index (κ1) is 26.4. The Kier molecular flexibility index (Phi) is 6.84. The molecule has 0 radical (unpaired) electrons. The van der Waals surface area contributed by atoms with E-state index in [0.29, 0.717) is 34.0 Å². The topological polar surface area (TPSA) is 119 Å². The van der Waals surface area contributed by atoms with Crippen molar-refractivity contribution in [1.29, 1.82) is 0 Å². The molecule has 1 aliphatic carbocycles. The predicted octanol–water partition coefficient (Wildman–Crippen LogP) is 5.42. The lowest BCUT2D eigenvalue weighted by Gasteiger charge is -2.20. The fourth-order valence-corrected chi connectivity index (χ4v) is 5.63. The normalized spacial score (nSPS) is 14.0. The highest BCUT2D eigenvalue weighted by atomic mass is 32.1. The molecule has 0 aliphatic heterocycles. The lowest BCUT2D eigenvalue weighted by Crippen LogP contribution is -2.25. The average Bonchev–Trinajstić information content (AvgIpc) is 3.56. The predicted molar refractivity (Wildman–Crippen MR) is 157 cm³/mol.